The fourth-order valence-corrected chi connectivity index (χ4v) is 3.86. The average Bonchev–Trinajstić information content (AvgIpc) is 3.13. The molecule has 3 aromatic rings. The predicted molar refractivity (Wildman–Crippen MR) is 115 cm³/mol. The summed E-state index contributed by atoms with van der Waals surface area (Å²) in [7, 11) is 0. The minimum atomic E-state index is -0.930. The minimum Gasteiger partial charge on any atom is -0.465 e. The molecule has 0 fully saturated rings. The molecule has 156 valence electrons. The van der Waals surface area contributed by atoms with Crippen LogP contribution in [0.25, 0.3) is 11.1 Å². The number of ether oxygens (including phenoxy) is 2. The van der Waals surface area contributed by atoms with Crippen molar-refractivity contribution in [3.8, 4) is 0 Å². The van der Waals surface area contributed by atoms with Crippen molar-refractivity contribution in [2.75, 3.05) is 6.61 Å². The van der Waals surface area contributed by atoms with Gasteiger partial charge in [-0.1, -0.05) is 72.8 Å². The fourth-order valence-electron chi connectivity index (χ4n) is 3.86. The molecule has 1 aliphatic heterocycles. The number of esters is 2. The summed E-state index contributed by atoms with van der Waals surface area (Å²) in [4.78, 5) is 26.1. The molecule has 0 amide bonds. The first-order valence-corrected chi connectivity index (χ1v) is 10.1. The van der Waals surface area contributed by atoms with E-state index in [4.69, 9.17) is 9.47 Å². The van der Waals surface area contributed by atoms with Crippen molar-refractivity contribution in [2.24, 2.45) is 0 Å². The molecule has 5 heteroatoms. The summed E-state index contributed by atoms with van der Waals surface area (Å²) in [6.45, 7) is 1.89. The Balaban J connectivity index is 1.91. The predicted octanol–water partition coefficient (Wildman–Crippen LogP) is 5.01. The zero-order valence-electron chi connectivity index (χ0n) is 17.0. The first-order chi connectivity index (χ1) is 15.1. The van der Waals surface area contributed by atoms with E-state index in [0.29, 0.717) is 22.3 Å². The van der Waals surface area contributed by atoms with Crippen molar-refractivity contribution in [3.63, 3.8) is 0 Å². The van der Waals surface area contributed by atoms with Gasteiger partial charge in [-0.3, -0.25) is 4.79 Å². The fraction of sp³-hybridized carbons (Fsp3) is 0.154. The molecule has 1 heterocycles. The molecule has 31 heavy (non-hydrogen) atoms. The molecule has 0 saturated carbocycles. The molecule has 0 radical (unpaired) electrons. The van der Waals surface area contributed by atoms with Gasteiger partial charge in [0.25, 0.3) is 0 Å². The molecule has 0 aliphatic carbocycles. The van der Waals surface area contributed by atoms with Crippen LogP contribution in [0.4, 0.5) is 4.39 Å². The Kier molecular flexibility index (Phi) is 5.94. The summed E-state index contributed by atoms with van der Waals surface area (Å²) in [6, 6.07) is 24.2. The van der Waals surface area contributed by atoms with E-state index < -0.39 is 29.8 Å². The van der Waals surface area contributed by atoms with Gasteiger partial charge in [-0.15, -0.1) is 0 Å². The Morgan fingerprint density at radius 2 is 1.52 bits per heavy atom. The van der Waals surface area contributed by atoms with Crippen LogP contribution >= 0.6 is 0 Å². The molecule has 4 rings (SSSR count). The maximum absolute atomic E-state index is 13.6. The number of hydrogen-bond acceptors (Lipinski definition) is 4. The normalized spacial score (nSPS) is 16.7. The van der Waals surface area contributed by atoms with E-state index >= 15 is 0 Å². The van der Waals surface area contributed by atoms with Crippen LogP contribution in [-0.2, 0) is 19.1 Å². The van der Waals surface area contributed by atoms with Crippen LogP contribution in [0.2, 0.25) is 0 Å². The van der Waals surface area contributed by atoms with Crippen molar-refractivity contribution < 1.29 is 23.5 Å². The highest BCUT2D eigenvalue weighted by Crippen LogP contribution is 2.43. The Labute approximate surface area is 179 Å². The van der Waals surface area contributed by atoms with E-state index in [9.17, 15) is 14.0 Å². The van der Waals surface area contributed by atoms with E-state index in [1.165, 1.54) is 24.3 Å². The number of hydrogen-bond donors (Lipinski definition) is 0. The van der Waals surface area contributed by atoms with Gasteiger partial charge >= 0.3 is 11.9 Å². The minimum absolute atomic E-state index is 0.174. The Bertz CT molecular complexity index is 1110. The van der Waals surface area contributed by atoms with Crippen molar-refractivity contribution >= 4 is 23.1 Å². The zero-order valence-corrected chi connectivity index (χ0v) is 17.0. The van der Waals surface area contributed by atoms with Crippen molar-refractivity contribution in [2.45, 2.75) is 18.9 Å². The lowest BCUT2D eigenvalue weighted by molar-refractivity contribution is -0.150. The highest BCUT2D eigenvalue weighted by atomic mass is 19.1. The summed E-state index contributed by atoms with van der Waals surface area (Å²) in [6.07, 6.45) is -0.908. The van der Waals surface area contributed by atoms with Gasteiger partial charge < -0.3 is 9.47 Å². The third-order valence-electron chi connectivity index (χ3n) is 5.21. The van der Waals surface area contributed by atoms with Gasteiger partial charge in [-0.25, -0.2) is 9.18 Å². The van der Waals surface area contributed by atoms with E-state index in [0.717, 1.165) is 5.56 Å². The Morgan fingerprint density at radius 3 is 2.10 bits per heavy atom. The Morgan fingerprint density at radius 1 is 0.935 bits per heavy atom. The van der Waals surface area contributed by atoms with E-state index in [1.54, 1.807) is 6.92 Å². The van der Waals surface area contributed by atoms with Gasteiger partial charge in [0, 0.05) is 5.57 Å². The molecule has 2 unspecified atom stereocenters. The monoisotopic (exact) mass is 416 g/mol. The molecule has 0 bridgehead atoms. The summed E-state index contributed by atoms with van der Waals surface area (Å²) < 4.78 is 24.7. The van der Waals surface area contributed by atoms with E-state index in [1.807, 2.05) is 60.7 Å². The molecule has 2 atom stereocenters. The summed E-state index contributed by atoms with van der Waals surface area (Å²) >= 11 is 0. The maximum Gasteiger partial charge on any atom is 0.339 e. The first-order valence-electron chi connectivity index (χ1n) is 10.1. The number of benzene rings is 3. The van der Waals surface area contributed by atoms with Crippen LogP contribution in [0.5, 0.6) is 0 Å². The van der Waals surface area contributed by atoms with Crippen LogP contribution < -0.4 is 0 Å². The van der Waals surface area contributed by atoms with Gasteiger partial charge in [0.1, 0.15) is 17.8 Å². The van der Waals surface area contributed by atoms with Crippen molar-refractivity contribution in [1.82, 2.24) is 0 Å². The number of halogens is 1. The number of rotatable bonds is 6. The SMILES string of the molecule is CCOC(=O)C(c1ccc(F)cc1)C1OC(=O)C(c2ccccc2)=C1c1ccccc1. The van der Waals surface area contributed by atoms with Crippen LogP contribution in [0.1, 0.15) is 29.5 Å². The second-order valence-electron chi connectivity index (χ2n) is 7.13. The lowest BCUT2D eigenvalue weighted by Crippen LogP contribution is -2.30. The zero-order chi connectivity index (χ0) is 21.8. The smallest absolute Gasteiger partial charge is 0.339 e. The third-order valence-corrected chi connectivity index (χ3v) is 5.21. The van der Waals surface area contributed by atoms with Crippen molar-refractivity contribution in [1.29, 1.82) is 0 Å². The molecular formula is C26H21FO4. The molecule has 0 spiro atoms. The van der Waals surface area contributed by atoms with Gasteiger partial charge in [0.15, 0.2) is 0 Å². The Hall–Kier alpha value is -3.73. The quantitative estimate of drug-likeness (QED) is 0.530. The topological polar surface area (TPSA) is 52.6 Å². The van der Waals surface area contributed by atoms with Gasteiger partial charge in [0.05, 0.1) is 12.2 Å². The summed E-state index contributed by atoms with van der Waals surface area (Å²) in [5, 5.41) is 0. The van der Waals surface area contributed by atoms with Crippen LogP contribution in [0, 0.1) is 5.82 Å². The maximum atomic E-state index is 13.6. The highest BCUT2D eigenvalue weighted by molar-refractivity contribution is 6.28. The molecule has 0 aromatic heterocycles. The van der Waals surface area contributed by atoms with Gasteiger partial charge in [-0.05, 0) is 35.7 Å². The standard InChI is InChI=1S/C26H21FO4/c1-2-30-25(28)23(19-13-15-20(27)16-14-19)24-21(17-9-5-3-6-10-17)22(26(29)31-24)18-11-7-4-8-12-18/h3-16,23-24H,2H2,1H3. The van der Waals surface area contributed by atoms with Crippen molar-refractivity contribution in [3.05, 3.63) is 107 Å². The van der Waals surface area contributed by atoms with E-state index in [-0.39, 0.29) is 6.61 Å². The molecule has 0 N–H and O–H groups in total. The second kappa shape index (κ2) is 8.96. The lowest BCUT2D eigenvalue weighted by atomic mass is 9.84. The van der Waals surface area contributed by atoms with Crippen LogP contribution in [0.15, 0.2) is 84.9 Å². The number of carbonyl (C=O) groups excluding carboxylic acids is 2. The van der Waals surface area contributed by atoms with Gasteiger partial charge in [0.2, 0.25) is 0 Å². The number of cyclic esters (lactones) is 1. The molecule has 4 nitrogen and oxygen atoms in total. The molecule has 1 aliphatic rings. The first kappa shape index (κ1) is 20.5. The largest absolute Gasteiger partial charge is 0.465 e. The third kappa shape index (κ3) is 4.12. The second-order valence-corrected chi connectivity index (χ2v) is 7.13. The van der Waals surface area contributed by atoms with Gasteiger partial charge in [-0.2, -0.15) is 0 Å². The summed E-state index contributed by atoms with van der Waals surface area (Å²) in [5.74, 6) is -2.39. The highest BCUT2D eigenvalue weighted by Gasteiger charge is 2.44. The van der Waals surface area contributed by atoms with Crippen LogP contribution in [0.3, 0.4) is 0 Å². The number of carbonyl (C=O) groups is 2. The molecule has 3 aromatic carbocycles. The average molecular weight is 416 g/mol. The molecule has 0 saturated heterocycles. The molecular weight excluding hydrogens is 395 g/mol. The van der Waals surface area contributed by atoms with Crippen LogP contribution in [-0.4, -0.2) is 24.6 Å². The summed E-state index contributed by atoms with van der Waals surface area (Å²) in [5.41, 5.74) is 3.01. The van der Waals surface area contributed by atoms with E-state index in [2.05, 4.69) is 0 Å². The lowest BCUT2D eigenvalue weighted by Gasteiger charge is -2.24.